The largest absolute Gasteiger partial charge is 0.390 e. The maximum Gasteiger partial charge on any atom is 0.266 e. The lowest BCUT2D eigenvalue weighted by Crippen LogP contribution is -2.15. The molecule has 0 saturated heterocycles. The minimum absolute atomic E-state index is 0.0690. The average molecular weight is 450 g/mol. The van der Waals surface area contributed by atoms with Crippen molar-refractivity contribution < 1.29 is 17.9 Å². The van der Waals surface area contributed by atoms with Gasteiger partial charge < -0.3 is 5.11 Å². The van der Waals surface area contributed by atoms with Crippen molar-refractivity contribution in [2.75, 3.05) is 4.72 Å². The van der Waals surface area contributed by atoms with E-state index in [1.807, 2.05) is 0 Å². The van der Waals surface area contributed by atoms with Gasteiger partial charge in [0.2, 0.25) is 0 Å². The molecule has 0 spiro atoms. The number of anilines is 1. The van der Waals surface area contributed by atoms with Crippen LogP contribution in [0.4, 0.5) is 10.2 Å². The van der Waals surface area contributed by atoms with Crippen LogP contribution in [0.5, 0.6) is 0 Å². The summed E-state index contributed by atoms with van der Waals surface area (Å²) in [4.78, 5) is 16.0. The Labute approximate surface area is 174 Å². The Morgan fingerprint density at radius 1 is 1.23 bits per heavy atom. The zero-order chi connectivity index (χ0) is 21.5. The van der Waals surface area contributed by atoms with Crippen molar-refractivity contribution in [3.8, 4) is 11.5 Å². The van der Waals surface area contributed by atoms with Gasteiger partial charge in [0.1, 0.15) is 16.4 Å². The Bertz CT molecular complexity index is 1360. The number of aryl methyl sites for hydroxylation is 1. The molecule has 3 heterocycles. The second-order valence-corrected chi connectivity index (χ2v) is 8.24. The maximum atomic E-state index is 13.9. The van der Waals surface area contributed by atoms with Gasteiger partial charge in [-0.2, -0.15) is 5.10 Å². The maximum absolute atomic E-state index is 13.9. The Morgan fingerprint density at radius 3 is 2.73 bits per heavy atom. The minimum Gasteiger partial charge on any atom is -0.390 e. The van der Waals surface area contributed by atoms with Gasteiger partial charge in [0.15, 0.2) is 17.3 Å². The summed E-state index contributed by atoms with van der Waals surface area (Å²) in [6.07, 6.45) is 2.39. The second-order valence-electron chi connectivity index (χ2n) is 6.15. The van der Waals surface area contributed by atoms with E-state index in [4.69, 9.17) is 11.6 Å². The van der Waals surface area contributed by atoms with Crippen molar-refractivity contribution in [2.45, 2.75) is 18.4 Å². The Morgan fingerprint density at radius 2 is 2.03 bits per heavy atom. The molecule has 0 aliphatic heterocycles. The molecular formula is C17H13ClFN7O3S. The molecule has 3 N–H and O–H groups in total. The highest BCUT2D eigenvalue weighted by molar-refractivity contribution is 7.92. The number of aromatic nitrogens is 6. The molecule has 0 bridgehead atoms. The fourth-order valence-corrected chi connectivity index (χ4v) is 4.10. The minimum atomic E-state index is -4.27. The first-order chi connectivity index (χ1) is 14.3. The van der Waals surface area contributed by atoms with E-state index < -0.39 is 20.7 Å². The zero-order valence-corrected chi connectivity index (χ0v) is 16.8. The van der Waals surface area contributed by atoms with Gasteiger partial charge in [-0.1, -0.05) is 11.6 Å². The molecule has 1 aromatic carbocycles. The standard InChI is InChI=1S/C17H13ClFN7O3S/c1-8-15-12(7-27)22-16(23-17(15)25-24-8)11-5-21-14(6-20-11)26-30(28,29)13-4-9(18)2-3-10(13)19/h2-6,27H,7H2,1H3,(H,21,26)(H,22,23,24,25). The van der Waals surface area contributed by atoms with Crippen LogP contribution in [0.1, 0.15) is 11.4 Å². The van der Waals surface area contributed by atoms with E-state index in [1.54, 1.807) is 6.92 Å². The van der Waals surface area contributed by atoms with Crippen molar-refractivity contribution in [1.29, 1.82) is 0 Å². The van der Waals surface area contributed by atoms with Crippen molar-refractivity contribution >= 4 is 38.5 Å². The van der Waals surface area contributed by atoms with Crippen LogP contribution in [0, 0.1) is 12.7 Å². The lowest BCUT2D eigenvalue weighted by molar-refractivity contribution is 0.278. The van der Waals surface area contributed by atoms with Crippen molar-refractivity contribution in [3.63, 3.8) is 0 Å². The SMILES string of the molecule is Cc1n[nH]c2nc(-c3cnc(NS(=O)(=O)c4cc(Cl)ccc4F)cn3)nc(CO)c12. The first kappa shape index (κ1) is 20.1. The van der Waals surface area contributed by atoms with Crippen LogP contribution < -0.4 is 4.72 Å². The molecule has 3 aromatic heterocycles. The van der Waals surface area contributed by atoms with Crippen LogP contribution in [0.3, 0.4) is 0 Å². The summed E-state index contributed by atoms with van der Waals surface area (Å²) in [5.74, 6) is -0.929. The summed E-state index contributed by atoms with van der Waals surface area (Å²) in [5.41, 5.74) is 1.66. The third-order valence-electron chi connectivity index (χ3n) is 4.13. The van der Waals surface area contributed by atoms with Crippen molar-refractivity contribution in [1.82, 2.24) is 30.1 Å². The molecular weight excluding hydrogens is 437 g/mol. The number of halogens is 2. The molecule has 0 fully saturated rings. The van der Waals surface area contributed by atoms with Gasteiger partial charge in [-0.15, -0.1) is 0 Å². The number of aliphatic hydroxyl groups excluding tert-OH is 1. The monoisotopic (exact) mass is 449 g/mol. The molecule has 154 valence electrons. The average Bonchev–Trinajstić information content (AvgIpc) is 3.10. The molecule has 0 aliphatic rings. The van der Waals surface area contributed by atoms with Crippen LogP contribution in [-0.2, 0) is 16.6 Å². The van der Waals surface area contributed by atoms with Gasteiger partial charge >= 0.3 is 0 Å². The van der Waals surface area contributed by atoms with Crippen LogP contribution in [0.25, 0.3) is 22.6 Å². The summed E-state index contributed by atoms with van der Waals surface area (Å²) in [7, 11) is -4.27. The molecule has 0 amide bonds. The molecule has 10 nitrogen and oxygen atoms in total. The number of hydrogen-bond donors (Lipinski definition) is 3. The number of benzene rings is 1. The summed E-state index contributed by atoms with van der Waals surface area (Å²) >= 11 is 5.76. The molecule has 0 aliphatic carbocycles. The highest BCUT2D eigenvalue weighted by atomic mass is 35.5. The third-order valence-corrected chi connectivity index (χ3v) is 5.73. The normalized spacial score (nSPS) is 11.7. The predicted octanol–water partition coefficient (Wildman–Crippen LogP) is 2.20. The van der Waals surface area contributed by atoms with E-state index in [-0.39, 0.29) is 29.0 Å². The van der Waals surface area contributed by atoms with Gasteiger partial charge in [0.05, 0.1) is 35.8 Å². The molecule has 30 heavy (non-hydrogen) atoms. The summed E-state index contributed by atoms with van der Waals surface area (Å²) < 4.78 is 40.9. The number of nitrogens with one attached hydrogen (secondary N) is 2. The van der Waals surface area contributed by atoms with E-state index in [1.165, 1.54) is 12.3 Å². The van der Waals surface area contributed by atoms with Gasteiger partial charge in [-0.25, -0.2) is 32.7 Å². The van der Waals surface area contributed by atoms with Crippen molar-refractivity contribution in [3.05, 3.63) is 52.8 Å². The number of fused-ring (bicyclic) bond motifs is 1. The predicted molar refractivity (Wildman–Crippen MR) is 106 cm³/mol. The lowest BCUT2D eigenvalue weighted by Gasteiger charge is -2.09. The van der Waals surface area contributed by atoms with E-state index in [0.29, 0.717) is 22.4 Å². The molecule has 4 aromatic rings. The number of aliphatic hydroxyl groups is 1. The van der Waals surface area contributed by atoms with Crippen molar-refractivity contribution in [2.24, 2.45) is 0 Å². The Kier molecular flexibility index (Phi) is 5.05. The van der Waals surface area contributed by atoms with Crippen LogP contribution in [0.15, 0.2) is 35.5 Å². The van der Waals surface area contributed by atoms with Gasteiger partial charge in [-0.05, 0) is 25.1 Å². The summed E-state index contributed by atoms with van der Waals surface area (Å²) in [6.45, 7) is 1.42. The first-order valence-corrected chi connectivity index (χ1v) is 10.3. The smallest absolute Gasteiger partial charge is 0.266 e. The van der Waals surface area contributed by atoms with Gasteiger partial charge in [0, 0.05) is 5.02 Å². The van der Waals surface area contributed by atoms with Crippen LogP contribution in [0.2, 0.25) is 5.02 Å². The Balaban J connectivity index is 1.65. The van der Waals surface area contributed by atoms with Crippen LogP contribution in [-0.4, -0.2) is 43.7 Å². The topological polar surface area (TPSA) is 147 Å². The lowest BCUT2D eigenvalue weighted by atomic mass is 10.2. The number of aromatic amines is 1. The summed E-state index contributed by atoms with van der Waals surface area (Å²) in [6, 6.07) is 3.19. The first-order valence-electron chi connectivity index (χ1n) is 8.41. The van der Waals surface area contributed by atoms with E-state index in [9.17, 15) is 17.9 Å². The zero-order valence-electron chi connectivity index (χ0n) is 15.3. The molecule has 0 saturated carbocycles. The molecule has 0 unspecified atom stereocenters. The summed E-state index contributed by atoms with van der Waals surface area (Å²) in [5, 5.41) is 17.1. The number of sulfonamides is 1. The van der Waals surface area contributed by atoms with E-state index in [0.717, 1.165) is 18.3 Å². The molecule has 13 heteroatoms. The van der Waals surface area contributed by atoms with Gasteiger partial charge in [0.25, 0.3) is 10.0 Å². The second kappa shape index (κ2) is 7.55. The number of rotatable bonds is 5. The third kappa shape index (κ3) is 3.67. The van der Waals surface area contributed by atoms with Crippen LogP contribution >= 0.6 is 11.6 Å². The quantitative estimate of drug-likeness (QED) is 0.420. The fourth-order valence-electron chi connectivity index (χ4n) is 2.76. The molecule has 0 radical (unpaired) electrons. The van der Waals surface area contributed by atoms with Gasteiger partial charge in [-0.3, -0.25) is 9.82 Å². The molecule has 4 rings (SSSR count). The number of H-pyrrole nitrogens is 1. The van der Waals surface area contributed by atoms with E-state index in [2.05, 4.69) is 34.9 Å². The highest BCUT2D eigenvalue weighted by Crippen LogP contribution is 2.23. The van der Waals surface area contributed by atoms with E-state index >= 15 is 0 Å². The highest BCUT2D eigenvalue weighted by Gasteiger charge is 2.21. The molecule has 0 atom stereocenters. The Hall–Kier alpha value is -3.22. The number of hydrogen-bond acceptors (Lipinski definition) is 8. The fraction of sp³-hybridized carbons (Fsp3) is 0.118. The number of nitrogens with zero attached hydrogens (tertiary/aromatic N) is 5.